The maximum Gasteiger partial charge on any atom is 0.262 e. The van der Waals surface area contributed by atoms with E-state index in [1.165, 1.54) is 0 Å². The molecule has 0 aromatic heterocycles. The Balaban J connectivity index is 1.94. The summed E-state index contributed by atoms with van der Waals surface area (Å²) < 4.78 is 16.4. The number of aldehydes is 1. The summed E-state index contributed by atoms with van der Waals surface area (Å²) in [6.45, 7) is 4.84. The Morgan fingerprint density at radius 3 is 2.38 bits per heavy atom. The molecular formula is C20H23NO5. The maximum atomic E-state index is 12.1. The predicted octanol–water partition coefficient (Wildman–Crippen LogP) is 3.70. The highest BCUT2D eigenvalue weighted by Crippen LogP contribution is 2.24. The molecule has 2 aromatic carbocycles. The zero-order valence-corrected chi connectivity index (χ0v) is 15.0. The Kier molecular flexibility index (Phi) is 7.49. The van der Waals surface area contributed by atoms with Gasteiger partial charge in [0.15, 0.2) is 12.9 Å². The summed E-state index contributed by atoms with van der Waals surface area (Å²) >= 11 is 0. The van der Waals surface area contributed by atoms with E-state index in [1.54, 1.807) is 42.5 Å². The van der Waals surface area contributed by atoms with Gasteiger partial charge in [0, 0.05) is 11.8 Å². The highest BCUT2D eigenvalue weighted by molar-refractivity contribution is 5.92. The van der Waals surface area contributed by atoms with Crippen molar-refractivity contribution in [3.8, 4) is 17.2 Å². The van der Waals surface area contributed by atoms with Crippen molar-refractivity contribution in [3.63, 3.8) is 0 Å². The number of carbonyl (C=O) groups excluding carboxylic acids is 2. The molecule has 26 heavy (non-hydrogen) atoms. The van der Waals surface area contributed by atoms with Gasteiger partial charge >= 0.3 is 0 Å². The quantitative estimate of drug-likeness (QED) is 0.656. The van der Waals surface area contributed by atoms with Crippen LogP contribution >= 0.6 is 0 Å². The fourth-order valence-corrected chi connectivity index (χ4v) is 2.19. The lowest BCUT2D eigenvalue weighted by Gasteiger charge is -2.11. The van der Waals surface area contributed by atoms with Crippen LogP contribution in [0.1, 0.15) is 30.6 Å². The van der Waals surface area contributed by atoms with Gasteiger partial charge in [-0.1, -0.05) is 6.92 Å². The first-order chi connectivity index (χ1) is 12.7. The van der Waals surface area contributed by atoms with E-state index in [4.69, 9.17) is 14.2 Å². The second-order valence-electron chi connectivity index (χ2n) is 5.46. The molecule has 0 aliphatic heterocycles. The van der Waals surface area contributed by atoms with Crippen molar-refractivity contribution in [2.45, 2.75) is 20.3 Å². The molecule has 0 fully saturated rings. The number of ether oxygens (including phenoxy) is 3. The Morgan fingerprint density at radius 2 is 1.73 bits per heavy atom. The summed E-state index contributed by atoms with van der Waals surface area (Å²) in [4.78, 5) is 23.2. The molecule has 0 aliphatic rings. The molecule has 0 atom stereocenters. The largest absolute Gasteiger partial charge is 0.494 e. The highest BCUT2D eigenvalue weighted by atomic mass is 16.5. The van der Waals surface area contributed by atoms with Gasteiger partial charge in [0.1, 0.15) is 17.2 Å². The van der Waals surface area contributed by atoms with Gasteiger partial charge in [0.25, 0.3) is 5.91 Å². The summed E-state index contributed by atoms with van der Waals surface area (Å²) in [5.74, 6) is 1.32. The predicted molar refractivity (Wildman–Crippen MR) is 99.4 cm³/mol. The Bertz CT molecular complexity index is 727. The molecule has 0 unspecified atom stereocenters. The van der Waals surface area contributed by atoms with Gasteiger partial charge in [0.05, 0.1) is 18.8 Å². The number of rotatable bonds is 10. The number of amides is 1. The lowest BCUT2D eigenvalue weighted by atomic mass is 10.2. The molecule has 1 N–H and O–H groups in total. The molecule has 2 aromatic rings. The van der Waals surface area contributed by atoms with Crippen molar-refractivity contribution in [1.29, 1.82) is 0 Å². The van der Waals surface area contributed by atoms with Gasteiger partial charge in [-0.3, -0.25) is 9.59 Å². The van der Waals surface area contributed by atoms with E-state index in [1.807, 2.05) is 13.8 Å². The molecule has 0 bridgehead atoms. The molecule has 0 saturated heterocycles. The van der Waals surface area contributed by atoms with Crippen LogP contribution in [-0.2, 0) is 4.79 Å². The van der Waals surface area contributed by atoms with Crippen molar-refractivity contribution in [1.82, 2.24) is 0 Å². The van der Waals surface area contributed by atoms with E-state index >= 15 is 0 Å². The first-order valence-electron chi connectivity index (χ1n) is 8.53. The number of hydrogen-bond acceptors (Lipinski definition) is 5. The van der Waals surface area contributed by atoms with Gasteiger partial charge in [-0.25, -0.2) is 0 Å². The van der Waals surface area contributed by atoms with Crippen LogP contribution in [0, 0.1) is 0 Å². The topological polar surface area (TPSA) is 73.9 Å². The fourth-order valence-electron chi connectivity index (χ4n) is 2.19. The van der Waals surface area contributed by atoms with E-state index in [9.17, 15) is 9.59 Å². The number of anilines is 1. The summed E-state index contributed by atoms with van der Waals surface area (Å²) in [5.41, 5.74) is 1.00. The van der Waals surface area contributed by atoms with Crippen LogP contribution in [0.4, 0.5) is 5.69 Å². The van der Waals surface area contributed by atoms with Crippen molar-refractivity contribution in [2.24, 2.45) is 0 Å². The van der Waals surface area contributed by atoms with Crippen LogP contribution in [0.2, 0.25) is 0 Å². The lowest BCUT2D eigenvalue weighted by Crippen LogP contribution is -2.20. The Labute approximate surface area is 153 Å². The monoisotopic (exact) mass is 357 g/mol. The SMILES string of the molecule is CCCOc1ccc(C=O)c(OCC(=O)Nc2ccc(OCC)cc2)c1. The number of carbonyl (C=O) groups is 2. The third-order valence-electron chi connectivity index (χ3n) is 3.39. The van der Waals surface area contributed by atoms with Gasteiger partial charge in [-0.2, -0.15) is 0 Å². The van der Waals surface area contributed by atoms with E-state index in [-0.39, 0.29) is 12.5 Å². The van der Waals surface area contributed by atoms with E-state index in [0.29, 0.717) is 42.2 Å². The molecule has 0 aliphatic carbocycles. The number of benzene rings is 2. The molecule has 0 spiro atoms. The minimum absolute atomic E-state index is 0.217. The Hall–Kier alpha value is -3.02. The Morgan fingerprint density at radius 1 is 1.00 bits per heavy atom. The number of nitrogens with one attached hydrogen (secondary N) is 1. The van der Waals surface area contributed by atoms with Crippen LogP contribution in [0.25, 0.3) is 0 Å². The molecule has 6 heteroatoms. The van der Waals surface area contributed by atoms with Crippen molar-refractivity contribution < 1.29 is 23.8 Å². The summed E-state index contributed by atoms with van der Waals surface area (Å²) in [5, 5.41) is 2.73. The van der Waals surface area contributed by atoms with Crippen LogP contribution in [0.5, 0.6) is 17.2 Å². The van der Waals surface area contributed by atoms with E-state index in [2.05, 4.69) is 5.32 Å². The van der Waals surface area contributed by atoms with E-state index < -0.39 is 0 Å². The second kappa shape index (κ2) is 10.1. The van der Waals surface area contributed by atoms with Crippen LogP contribution in [-0.4, -0.2) is 32.0 Å². The van der Waals surface area contributed by atoms with Crippen molar-refractivity contribution in [2.75, 3.05) is 25.1 Å². The van der Waals surface area contributed by atoms with Gasteiger partial charge in [-0.15, -0.1) is 0 Å². The summed E-state index contributed by atoms with van der Waals surface area (Å²) in [6.07, 6.45) is 1.55. The van der Waals surface area contributed by atoms with Crippen molar-refractivity contribution in [3.05, 3.63) is 48.0 Å². The van der Waals surface area contributed by atoms with Gasteiger partial charge < -0.3 is 19.5 Å². The fraction of sp³-hybridized carbons (Fsp3) is 0.300. The molecule has 2 rings (SSSR count). The average molecular weight is 357 g/mol. The second-order valence-corrected chi connectivity index (χ2v) is 5.46. The van der Waals surface area contributed by atoms with Crippen LogP contribution in [0.15, 0.2) is 42.5 Å². The van der Waals surface area contributed by atoms with Crippen LogP contribution < -0.4 is 19.5 Å². The molecule has 138 valence electrons. The standard InChI is InChI=1S/C20H23NO5/c1-3-11-25-18-8-5-15(13-22)19(12-18)26-14-20(23)21-16-6-9-17(10-7-16)24-4-2/h5-10,12-13H,3-4,11,14H2,1-2H3,(H,21,23). The van der Waals surface area contributed by atoms with Crippen molar-refractivity contribution >= 4 is 17.9 Å². The zero-order chi connectivity index (χ0) is 18.8. The first-order valence-corrected chi connectivity index (χ1v) is 8.53. The first kappa shape index (κ1) is 19.3. The summed E-state index contributed by atoms with van der Waals surface area (Å²) in [7, 11) is 0. The molecule has 1 amide bonds. The third-order valence-corrected chi connectivity index (χ3v) is 3.39. The third kappa shape index (κ3) is 5.81. The number of hydrogen-bond donors (Lipinski definition) is 1. The molecular weight excluding hydrogens is 334 g/mol. The normalized spacial score (nSPS) is 10.1. The lowest BCUT2D eigenvalue weighted by molar-refractivity contribution is -0.118. The minimum atomic E-state index is -0.328. The van der Waals surface area contributed by atoms with E-state index in [0.717, 1.165) is 12.2 Å². The average Bonchev–Trinajstić information content (AvgIpc) is 2.66. The maximum absolute atomic E-state index is 12.1. The van der Waals surface area contributed by atoms with Crippen LogP contribution in [0.3, 0.4) is 0 Å². The molecule has 0 saturated carbocycles. The van der Waals surface area contributed by atoms with Gasteiger partial charge in [0.2, 0.25) is 0 Å². The van der Waals surface area contributed by atoms with Gasteiger partial charge in [-0.05, 0) is 49.7 Å². The smallest absolute Gasteiger partial charge is 0.262 e. The molecule has 0 radical (unpaired) electrons. The summed E-state index contributed by atoms with van der Waals surface area (Å²) in [6, 6.07) is 12.0. The molecule has 0 heterocycles. The minimum Gasteiger partial charge on any atom is -0.494 e. The zero-order valence-electron chi connectivity index (χ0n) is 15.0. The molecule has 6 nitrogen and oxygen atoms in total. The highest BCUT2D eigenvalue weighted by Gasteiger charge is 2.09.